The van der Waals surface area contributed by atoms with Gasteiger partial charge in [-0.05, 0) is 32.2 Å². The van der Waals surface area contributed by atoms with E-state index in [0.717, 1.165) is 20.1 Å². The lowest BCUT2D eigenvalue weighted by Crippen LogP contribution is -2.22. The summed E-state index contributed by atoms with van der Waals surface area (Å²) in [6.07, 6.45) is 3.89. The van der Waals surface area contributed by atoms with E-state index in [0.29, 0.717) is 12.7 Å². The topological polar surface area (TPSA) is 38.7 Å². The molecule has 1 N–H and O–H groups in total. The molecule has 1 aliphatic rings. The van der Waals surface area contributed by atoms with E-state index < -0.39 is 0 Å². The first kappa shape index (κ1) is 11.2. The fourth-order valence-corrected chi connectivity index (χ4v) is 1.19. The van der Waals surface area contributed by atoms with Crippen LogP contribution < -0.4 is 0 Å². The van der Waals surface area contributed by atoms with Crippen LogP contribution in [0.25, 0.3) is 0 Å². The third-order valence-corrected chi connectivity index (χ3v) is 1.68. The lowest BCUT2D eigenvalue weighted by Gasteiger charge is -2.20. The number of ether oxygens (including phenoxy) is 1. The van der Waals surface area contributed by atoms with Crippen LogP contribution in [0, 0.1) is 0 Å². The van der Waals surface area contributed by atoms with Gasteiger partial charge in [0.2, 0.25) is 0 Å². The van der Waals surface area contributed by atoms with Gasteiger partial charge in [0.15, 0.2) is 0 Å². The quantitative estimate of drug-likeness (QED) is 0.492. The summed E-state index contributed by atoms with van der Waals surface area (Å²) < 4.78 is 10.00. The van der Waals surface area contributed by atoms with Gasteiger partial charge in [0.1, 0.15) is 0 Å². The van der Waals surface area contributed by atoms with Crippen molar-refractivity contribution in [1.29, 1.82) is 0 Å². The largest absolute Gasteiger partial charge is 0.400 e. The SMILES string of the molecule is CO.SOCC1CCCCO1. The summed E-state index contributed by atoms with van der Waals surface area (Å²) >= 11 is 3.65. The van der Waals surface area contributed by atoms with Gasteiger partial charge in [-0.3, -0.25) is 0 Å². The molecule has 0 amide bonds. The Kier molecular flexibility index (Phi) is 8.50. The molecule has 1 saturated heterocycles. The molecule has 1 unspecified atom stereocenters. The van der Waals surface area contributed by atoms with Crippen LogP contribution in [0.3, 0.4) is 0 Å². The zero-order valence-corrected chi connectivity index (χ0v) is 7.72. The van der Waals surface area contributed by atoms with Gasteiger partial charge in [-0.25, -0.2) is 0 Å². The van der Waals surface area contributed by atoms with Crippen LogP contribution in [0.2, 0.25) is 0 Å². The number of thiol groups is 1. The number of hydrogen-bond acceptors (Lipinski definition) is 4. The highest BCUT2D eigenvalue weighted by molar-refractivity contribution is 7.75. The van der Waals surface area contributed by atoms with Crippen molar-refractivity contribution in [3.05, 3.63) is 0 Å². The highest BCUT2D eigenvalue weighted by Crippen LogP contribution is 2.12. The second kappa shape index (κ2) is 8.33. The summed E-state index contributed by atoms with van der Waals surface area (Å²) in [4.78, 5) is 0. The Morgan fingerprint density at radius 3 is 2.73 bits per heavy atom. The molecule has 1 aliphatic heterocycles. The smallest absolute Gasteiger partial charge is 0.0872 e. The van der Waals surface area contributed by atoms with E-state index in [1.165, 1.54) is 12.8 Å². The van der Waals surface area contributed by atoms with Crippen molar-refractivity contribution in [3.63, 3.8) is 0 Å². The predicted molar refractivity (Wildman–Crippen MR) is 46.7 cm³/mol. The van der Waals surface area contributed by atoms with Crippen LogP contribution in [-0.2, 0) is 8.92 Å². The molecule has 68 valence electrons. The van der Waals surface area contributed by atoms with Crippen LogP contribution in [0.1, 0.15) is 19.3 Å². The van der Waals surface area contributed by atoms with E-state index in [1.807, 2.05) is 0 Å². The van der Waals surface area contributed by atoms with Crippen molar-refractivity contribution in [1.82, 2.24) is 0 Å². The maximum absolute atomic E-state index is 7.00. The molecule has 1 fully saturated rings. The molecule has 4 heteroatoms. The monoisotopic (exact) mass is 180 g/mol. The molecule has 1 heterocycles. The summed E-state index contributed by atoms with van der Waals surface area (Å²) in [5.74, 6) is 0. The maximum Gasteiger partial charge on any atom is 0.0872 e. The lowest BCUT2D eigenvalue weighted by atomic mass is 10.1. The molecule has 1 atom stereocenters. The molecule has 0 aromatic carbocycles. The molecular weight excluding hydrogens is 164 g/mol. The van der Waals surface area contributed by atoms with Crippen molar-refractivity contribution in [3.8, 4) is 0 Å². The molecule has 3 nitrogen and oxygen atoms in total. The van der Waals surface area contributed by atoms with E-state index in [4.69, 9.17) is 9.84 Å². The number of aliphatic hydroxyl groups excluding tert-OH is 1. The predicted octanol–water partition coefficient (Wildman–Crippen LogP) is 1.03. The fraction of sp³-hybridized carbons (Fsp3) is 1.00. The van der Waals surface area contributed by atoms with Gasteiger partial charge in [-0.1, -0.05) is 0 Å². The van der Waals surface area contributed by atoms with Crippen LogP contribution in [0.5, 0.6) is 0 Å². The lowest BCUT2D eigenvalue weighted by molar-refractivity contribution is -0.00648. The first-order valence-electron chi connectivity index (χ1n) is 3.76. The average Bonchev–Trinajstić information content (AvgIpc) is 2.11. The minimum atomic E-state index is 0.302. The molecule has 0 bridgehead atoms. The summed E-state index contributed by atoms with van der Waals surface area (Å²) in [6, 6.07) is 0. The van der Waals surface area contributed by atoms with E-state index >= 15 is 0 Å². The standard InChI is InChI=1S/C6H12O2S.CH4O/c9-8-5-6-3-1-2-4-7-6;1-2/h6,9H,1-5H2;2H,1H3. The summed E-state index contributed by atoms with van der Waals surface area (Å²) in [5, 5.41) is 7.00. The molecule has 0 spiro atoms. The molecule has 0 saturated carbocycles. The normalized spacial score (nSPS) is 23.7. The Labute approximate surface area is 73.3 Å². The number of hydrogen-bond donors (Lipinski definition) is 2. The van der Waals surface area contributed by atoms with E-state index in [1.54, 1.807) is 0 Å². The van der Waals surface area contributed by atoms with Crippen LogP contribution >= 0.6 is 12.9 Å². The Morgan fingerprint density at radius 2 is 2.27 bits per heavy atom. The van der Waals surface area contributed by atoms with Gasteiger partial charge >= 0.3 is 0 Å². The Morgan fingerprint density at radius 1 is 1.55 bits per heavy atom. The number of aliphatic hydroxyl groups is 1. The van der Waals surface area contributed by atoms with Crippen LogP contribution in [0.15, 0.2) is 0 Å². The third kappa shape index (κ3) is 5.49. The van der Waals surface area contributed by atoms with Crippen LogP contribution in [-0.4, -0.2) is 31.5 Å². The van der Waals surface area contributed by atoms with Gasteiger partial charge in [-0.15, -0.1) is 0 Å². The second-order valence-electron chi connectivity index (χ2n) is 2.28. The van der Waals surface area contributed by atoms with Crippen molar-refractivity contribution < 1.29 is 14.0 Å². The van der Waals surface area contributed by atoms with Crippen molar-refractivity contribution >= 4 is 12.9 Å². The summed E-state index contributed by atoms with van der Waals surface area (Å²) in [5.41, 5.74) is 0. The zero-order chi connectivity index (χ0) is 8.53. The fourth-order valence-electron chi connectivity index (χ4n) is 1.02. The van der Waals surface area contributed by atoms with Gasteiger partial charge in [0.25, 0.3) is 0 Å². The molecule has 0 radical (unpaired) electrons. The number of rotatable bonds is 2. The Bertz CT molecular complexity index is 71.3. The van der Waals surface area contributed by atoms with Crippen molar-refractivity contribution in [2.75, 3.05) is 20.3 Å². The molecular formula is C7H16O3S. The summed E-state index contributed by atoms with van der Waals surface area (Å²) in [7, 11) is 1.00. The van der Waals surface area contributed by atoms with Gasteiger partial charge in [0, 0.05) is 13.7 Å². The average molecular weight is 180 g/mol. The molecule has 1 rings (SSSR count). The Balaban J connectivity index is 0.000000461. The van der Waals surface area contributed by atoms with E-state index in [9.17, 15) is 0 Å². The molecule has 0 aromatic heterocycles. The zero-order valence-electron chi connectivity index (χ0n) is 6.82. The van der Waals surface area contributed by atoms with Crippen molar-refractivity contribution in [2.45, 2.75) is 25.4 Å². The maximum atomic E-state index is 7.00. The summed E-state index contributed by atoms with van der Waals surface area (Å²) in [6.45, 7) is 1.52. The van der Waals surface area contributed by atoms with E-state index in [2.05, 4.69) is 17.1 Å². The van der Waals surface area contributed by atoms with E-state index in [-0.39, 0.29) is 0 Å². The van der Waals surface area contributed by atoms with Gasteiger partial charge in [-0.2, -0.15) is 0 Å². The minimum absolute atomic E-state index is 0.302. The highest BCUT2D eigenvalue weighted by Gasteiger charge is 2.12. The van der Waals surface area contributed by atoms with Gasteiger partial charge in [0.05, 0.1) is 12.7 Å². The van der Waals surface area contributed by atoms with Crippen LogP contribution in [0.4, 0.5) is 0 Å². The highest BCUT2D eigenvalue weighted by atomic mass is 32.1. The Hall–Kier alpha value is 0.230. The van der Waals surface area contributed by atoms with Gasteiger partial charge < -0.3 is 14.0 Å². The first-order chi connectivity index (χ1) is 5.43. The minimum Gasteiger partial charge on any atom is -0.400 e. The third-order valence-electron chi connectivity index (χ3n) is 1.53. The van der Waals surface area contributed by atoms with Crippen molar-refractivity contribution in [2.24, 2.45) is 0 Å². The second-order valence-corrected chi connectivity index (χ2v) is 2.54. The molecule has 11 heavy (non-hydrogen) atoms. The molecule has 0 aromatic rings. The first-order valence-corrected chi connectivity index (χ1v) is 4.12. The molecule has 0 aliphatic carbocycles.